The summed E-state index contributed by atoms with van der Waals surface area (Å²) in [5.74, 6) is -4.98. The van der Waals surface area contributed by atoms with Crippen LogP contribution in [-0.2, 0) is 11.8 Å². The second kappa shape index (κ2) is 7.99. The number of amides is 2. The van der Waals surface area contributed by atoms with Crippen LogP contribution in [0.5, 0.6) is 5.75 Å². The van der Waals surface area contributed by atoms with Crippen molar-refractivity contribution in [2.75, 3.05) is 12.4 Å². The van der Waals surface area contributed by atoms with Gasteiger partial charge in [-0.15, -0.1) is 0 Å². The summed E-state index contributed by atoms with van der Waals surface area (Å²) < 4.78 is 47.1. The first-order valence-electron chi connectivity index (χ1n) is 9.84. The average molecular weight is 451 g/mol. The van der Waals surface area contributed by atoms with Crippen molar-refractivity contribution in [2.24, 2.45) is 7.05 Å². The molecule has 32 heavy (non-hydrogen) atoms. The Labute approximate surface area is 182 Å². The lowest BCUT2D eigenvalue weighted by Crippen LogP contribution is -2.61. The molecular weight excluding hydrogens is 427 g/mol. The number of carbonyl (C=O) groups excluding carboxylic acids is 3. The minimum atomic E-state index is -1.41. The lowest BCUT2D eigenvalue weighted by molar-refractivity contribution is -0.122. The number of hydrogen-bond acceptors (Lipinski definition) is 4. The fraction of sp³-hybridized carbons (Fsp3) is 0.409. The van der Waals surface area contributed by atoms with Gasteiger partial charge in [0, 0.05) is 42.9 Å². The fourth-order valence-electron chi connectivity index (χ4n) is 4.36. The Hall–Kier alpha value is -3.30. The van der Waals surface area contributed by atoms with E-state index in [0.717, 1.165) is 12.1 Å². The van der Waals surface area contributed by atoms with E-state index >= 15 is 0 Å². The zero-order valence-electron chi connectivity index (χ0n) is 18.4. The molecule has 2 N–H and O–H groups in total. The molecule has 0 spiro atoms. The second-order valence-electron chi connectivity index (χ2n) is 8.60. The number of hydrogen-bond donors (Lipinski definition) is 2. The molecule has 0 radical (unpaired) electrons. The molecule has 1 aromatic heterocycles. The Morgan fingerprint density at radius 3 is 2.28 bits per heavy atom. The predicted octanol–water partition coefficient (Wildman–Crippen LogP) is 3.45. The number of nitrogens with one attached hydrogen (secondary N) is 2. The molecule has 1 aliphatic rings. The first-order chi connectivity index (χ1) is 14.8. The van der Waals surface area contributed by atoms with Gasteiger partial charge in [0.1, 0.15) is 16.9 Å². The number of aromatic nitrogens is 1. The molecular formula is C22H24F3N3O4. The topological polar surface area (TPSA) is 89.4 Å². The van der Waals surface area contributed by atoms with Crippen molar-refractivity contribution in [2.45, 2.75) is 44.8 Å². The van der Waals surface area contributed by atoms with Crippen LogP contribution in [0.2, 0.25) is 0 Å². The Balaban J connectivity index is 1.89. The Bertz CT molecular complexity index is 1120. The maximum Gasteiger partial charge on any atom is 0.294 e. The van der Waals surface area contributed by atoms with Crippen molar-refractivity contribution in [1.82, 2.24) is 9.88 Å². The Morgan fingerprint density at radius 1 is 1.12 bits per heavy atom. The molecule has 2 aromatic rings. The number of Topliss-reactive ketones (excluding diaryl/α,β-unsaturated/α-hetero) is 1. The minimum absolute atomic E-state index is 0.00277. The van der Waals surface area contributed by atoms with Gasteiger partial charge >= 0.3 is 0 Å². The lowest BCUT2D eigenvalue weighted by atomic mass is 9.68. The molecule has 0 unspecified atom stereocenters. The quantitative estimate of drug-likeness (QED) is 0.520. The summed E-state index contributed by atoms with van der Waals surface area (Å²) in [6.45, 7) is 4.61. The van der Waals surface area contributed by atoms with Crippen molar-refractivity contribution in [3.63, 3.8) is 0 Å². The van der Waals surface area contributed by atoms with Gasteiger partial charge in [0.15, 0.2) is 17.4 Å². The number of halogens is 3. The van der Waals surface area contributed by atoms with Crippen LogP contribution in [0.1, 0.15) is 53.2 Å². The fourth-order valence-corrected chi connectivity index (χ4v) is 4.36. The molecule has 1 aromatic carbocycles. The van der Waals surface area contributed by atoms with Crippen LogP contribution in [0.15, 0.2) is 18.2 Å². The lowest BCUT2D eigenvalue weighted by Gasteiger charge is -2.48. The zero-order chi connectivity index (χ0) is 24.0. The maximum absolute atomic E-state index is 13.9. The van der Waals surface area contributed by atoms with E-state index in [0.29, 0.717) is 5.69 Å². The third-order valence-corrected chi connectivity index (χ3v) is 5.61. The number of nitrogens with zero attached hydrogens (tertiary/aromatic N) is 1. The van der Waals surface area contributed by atoms with Gasteiger partial charge in [0.2, 0.25) is 0 Å². The number of methoxy groups -OCH3 is 1. The number of ether oxygens (including phenoxy) is 1. The van der Waals surface area contributed by atoms with Crippen LogP contribution in [0.25, 0.3) is 0 Å². The minimum Gasteiger partial charge on any atom is -0.493 e. The van der Waals surface area contributed by atoms with Gasteiger partial charge in [-0.25, -0.2) is 13.2 Å². The summed E-state index contributed by atoms with van der Waals surface area (Å²) in [6.07, 6.45) is 0.147. The van der Waals surface area contributed by atoms with E-state index in [1.54, 1.807) is 13.8 Å². The molecule has 1 saturated carbocycles. The highest BCUT2D eigenvalue weighted by atomic mass is 19.2. The second-order valence-corrected chi connectivity index (χ2v) is 8.60. The van der Waals surface area contributed by atoms with Crippen molar-refractivity contribution >= 4 is 23.3 Å². The number of anilines is 1. The molecule has 0 bridgehead atoms. The van der Waals surface area contributed by atoms with Crippen LogP contribution < -0.4 is 15.4 Å². The summed E-state index contributed by atoms with van der Waals surface area (Å²) in [7, 11) is 2.72. The molecule has 2 amide bonds. The van der Waals surface area contributed by atoms with E-state index in [1.165, 1.54) is 31.7 Å². The van der Waals surface area contributed by atoms with Gasteiger partial charge in [-0.1, -0.05) is 0 Å². The van der Waals surface area contributed by atoms with Crippen LogP contribution >= 0.6 is 0 Å². The van der Waals surface area contributed by atoms with Crippen molar-refractivity contribution in [3.8, 4) is 5.75 Å². The summed E-state index contributed by atoms with van der Waals surface area (Å²) in [6, 6.07) is 2.86. The van der Waals surface area contributed by atoms with E-state index in [2.05, 4.69) is 10.6 Å². The van der Waals surface area contributed by atoms with Gasteiger partial charge in [-0.05, 0) is 32.9 Å². The van der Waals surface area contributed by atoms with Crippen molar-refractivity contribution in [1.29, 1.82) is 0 Å². The van der Waals surface area contributed by atoms with Crippen molar-refractivity contribution in [3.05, 3.63) is 46.8 Å². The van der Waals surface area contributed by atoms with E-state index in [-0.39, 0.29) is 35.5 Å². The third kappa shape index (κ3) is 4.21. The number of carbonyl (C=O) groups is 3. The molecule has 10 heteroatoms. The van der Waals surface area contributed by atoms with E-state index in [4.69, 9.17) is 4.74 Å². The molecule has 3 rings (SSSR count). The molecule has 1 heterocycles. The standard InChI is InChI=1S/C22H24F3N3O4/c1-11-15(19(30)26-12-6-7-13(23)14(24)8-12)18(32-5)16(28(11)4)17(29)20(31)27-22(3)9-21(2,25)10-22/h6-8H,9-10H2,1-5H3,(H,26,30)(H,27,31). The van der Waals surface area contributed by atoms with Crippen molar-refractivity contribution < 1.29 is 32.3 Å². The van der Waals surface area contributed by atoms with Crippen LogP contribution in [-0.4, -0.2) is 40.5 Å². The number of alkyl halides is 1. The first kappa shape index (κ1) is 23.4. The summed E-state index contributed by atoms with van der Waals surface area (Å²) in [4.78, 5) is 38.4. The van der Waals surface area contributed by atoms with Crippen LogP contribution in [0.3, 0.4) is 0 Å². The normalized spacial score (nSPS) is 22.1. The van der Waals surface area contributed by atoms with Gasteiger partial charge in [-0.2, -0.15) is 0 Å². The molecule has 1 aliphatic carbocycles. The monoisotopic (exact) mass is 451 g/mol. The highest BCUT2D eigenvalue weighted by Crippen LogP contribution is 2.43. The smallest absolute Gasteiger partial charge is 0.294 e. The summed E-state index contributed by atoms with van der Waals surface area (Å²) in [5, 5.41) is 4.98. The maximum atomic E-state index is 13.9. The predicted molar refractivity (Wildman–Crippen MR) is 111 cm³/mol. The van der Waals surface area contributed by atoms with E-state index in [1.807, 2.05) is 0 Å². The van der Waals surface area contributed by atoms with Gasteiger partial charge in [0.25, 0.3) is 17.6 Å². The number of benzene rings is 1. The zero-order valence-corrected chi connectivity index (χ0v) is 18.4. The molecule has 1 fully saturated rings. The first-order valence-corrected chi connectivity index (χ1v) is 9.84. The number of ketones is 1. The summed E-state index contributed by atoms with van der Waals surface area (Å²) in [5.41, 5.74) is -2.15. The van der Waals surface area contributed by atoms with Gasteiger partial charge in [0.05, 0.1) is 7.11 Å². The third-order valence-electron chi connectivity index (χ3n) is 5.61. The molecule has 0 saturated heterocycles. The highest BCUT2D eigenvalue weighted by molar-refractivity contribution is 6.43. The summed E-state index contributed by atoms with van der Waals surface area (Å²) >= 11 is 0. The van der Waals surface area contributed by atoms with Gasteiger partial charge < -0.3 is 19.9 Å². The Kier molecular flexibility index (Phi) is 5.84. The number of rotatable bonds is 6. The average Bonchev–Trinajstić information content (AvgIpc) is 2.92. The van der Waals surface area contributed by atoms with Gasteiger partial charge in [-0.3, -0.25) is 14.4 Å². The van der Waals surface area contributed by atoms with Crippen LogP contribution in [0.4, 0.5) is 18.9 Å². The molecule has 172 valence electrons. The molecule has 0 aliphatic heterocycles. The van der Waals surface area contributed by atoms with E-state index in [9.17, 15) is 27.6 Å². The SMILES string of the molecule is COc1c(C(=O)Nc2ccc(F)c(F)c2)c(C)n(C)c1C(=O)C(=O)NC1(C)CC(C)(F)C1. The largest absolute Gasteiger partial charge is 0.493 e. The Morgan fingerprint density at radius 2 is 1.75 bits per heavy atom. The van der Waals surface area contributed by atoms with E-state index < -0.39 is 40.4 Å². The molecule has 0 atom stereocenters. The highest BCUT2D eigenvalue weighted by Gasteiger charge is 2.51. The van der Waals surface area contributed by atoms with Crippen LogP contribution in [0, 0.1) is 18.6 Å². The molecule has 7 nitrogen and oxygen atoms in total.